The third-order valence-corrected chi connectivity index (χ3v) is 4.82. The molecule has 0 bridgehead atoms. The van der Waals surface area contributed by atoms with Crippen LogP contribution in [0.1, 0.15) is 32.3 Å². The summed E-state index contributed by atoms with van der Waals surface area (Å²) in [6.45, 7) is 4.97. The standard InChI is InChI=1S/C21H24ClN3O4/c1-3-5-15-10-20(26)29-18-12-19(17(22)11-16(15)18)28-14(2)21(27)24-6-4-8-25-9-7-23-13-25/h7,9-14H,3-6,8H2,1-2H3,(H,24,27). The molecule has 1 N–H and O–H groups in total. The van der Waals surface area contributed by atoms with E-state index in [1.54, 1.807) is 31.6 Å². The minimum Gasteiger partial charge on any atom is -0.479 e. The van der Waals surface area contributed by atoms with E-state index in [9.17, 15) is 9.59 Å². The van der Waals surface area contributed by atoms with Gasteiger partial charge in [0.15, 0.2) is 6.10 Å². The molecule has 29 heavy (non-hydrogen) atoms. The molecule has 1 atom stereocenters. The zero-order chi connectivity index (χ0) is 20.8. The van der Waals surface area contributed by atoms with Crippen LogP contribution in [0.2, 0.25) is 5.02 Å². The van der Waals surface area contributed by atoms with Crippen LogP contribution in [0.4, 0.5) is 0 Å². The molecule has 7 nitrogen and oxygen atoms in total. The fraction of sp³-hybridized carbons (Fsp3) is 0.381. The first kappa shape index (κ1) is 20.9. The van der Waals surface area contributed by atoms with Crippen molar-refractivity contribution in [1.29, 1.82) is 0 Å². The van der Waals surface area contributed by atoms with Gasteiger partial charge in [0.05, 0.1) is 11.3 Å². The number of aryl methyl sites for hydroxylation is 2. The minimum absolute atomic E-state index is 0.243. The molecular formula is C21H24ClN3O4. The molecule has 1 unspecified atom stereocenters. The zero-order valence-corrected chi connectivity index (χ0v) is 17.2. The molecule has 0 fully saturated rings. The average Bonchev–Trinajstić information content (AvgIpc) is 3.20. The molecule has 2 aromatic heterocycles. The molecule has 0 aliphatic heterocycles. The first-order chi connectivity index (χ1) is 14.0. The van der Waals surface area contributed by atoms with Crippen LogP contribution < -0.4 is 15.7 Å². The normalized spacial score (nSPS) is 12.1. The second-order valence-electron chi connectivity index (χ2n) is 6.82. The van der Waals surface area contributed by atoms with Gasteiger partial charge in [-0.25, -0.2) is 9.78 Å². The summed E-state index contributed by atoms with van der Waals surface area (Å²) >= 11 is 6.36. The summed E-state index contributed by atoms with van der Waals surface area (Å²) in [6.07, 6.45) is 7.00. The number of rotatable bonds is 9. The average molecular weight is 418 g/mol. The molecule has 154 valence electrons. The van der Waals surface area contributed by atoms with Crippen LogP contribution in [0.3, 0.4) is 0 Å². The lowest BCUT2D eigenvalue weighted by atomic mass is 10.1. The Morgan fingerprint density at radius 1 is 1.38 bits per heavy atom. The fourth-order valence-electron chi connectivity index (χ4n) is 3.07. The fourth-order valence-corrected chi connectivity index (χ4v) is 3.28. The molecule has 0 aliphatic carbocycles. The number of aromatic nitrogens is 2. The monoisotopic (exact) mass is 417 g/mol. The number of fused-ring (bicyclic) bond motifs is 1. The molecule has 0 aliphatic rings. The Morgan fingerprint density at radius 2 is 2.21 bits per heavy atom. The lowest BCUT2D eigenvalue weighted by Gasteiger charge is -2.16. The molecule has 1 amide bonds. The van der Waals surface area contributed by atoms with E-state index < -0.39 is 11.7 Å². The van der Waals surface area contributed by atoms with E-state index in [4.69, 9.17) is 20.8 Å². The van der Waals surface area contributed by atoms with Gasteiger partial charge in [-0.1, -0.05) is 24.9 Å². The number of benzene rings is 1. The van der Waals surface area contributed by atoms with Crippen LogP contribution in [-0.2, 0) is 17.8 Å². The SMILES string of the molecule is CCCc1cc(=O)oc2cc(OC(C)C(=O)NCCCn3ccnc3)c(Cl)cc12. The summed E-state index contributed by atoms with van der Waals surface area (Å²) in [4.78, 5) is 28.1. The number of nitrogens with zero attached hydrogens (tertiary/aromatic N) is 2. The van der Waals surface area contributed by atoms with E-state index in [2.05, 4.69) is 10.3 Å². The number of nitrogens with one attached hydrogen (secondary N) is 1. The Hall–Kier alpha value is -2.80. The topological polar surface area (TPSA) is 86.4 Å². The summed E-state index contributed by atoms with van der Waals surface area (Å²) in [5.41, 5.74) is 0.863. The van der Waals surface area contributed by atoms with E-state index in [-0.39, 0.29) is 5.91 Å². The number of carbonyl (C=O) groups excluding carboxylic acids is 1. The van der Waals surface area contributed by atoms with Gasteiger partial charge in [0.1, 0.15) is 11.3 Å². The lowest BCUT2D eigenvalue weighted by molar-refractivity contribution is -0.127. The van der Waals surface area contributed by atoms with Crippen LogP contribution in [0.15, 0.2) is 46.1 Å². The third kappa shape index (κ3) is 5.38. The summed E-state index contributed by atoms with van der Waals surface area (Å²) in [7, 11) is 0. The largest absolute Gasteiger partial charge is 0.479 e. The number of halogens is 1. The van der Waals surface area contributed by atoms with E-state index >= 15 is 0 Å². The Balaban J connectivity index is 1.64. The highest BCUT2D eigenvalue weighted by Gasteiger charge is 2.17. The second-order valence-corrected chi connectivity index (χ2v) is 7.23. The summed E-state index contributed by atoms with van der Waals surface area (Å²) in [6, 6.07) is 4.78. The van der Waals surface area contributed by atoms with E-state index in [1.165, 1.54) is 6.07 Å². The number of ether oxygens (including phenoxy) is 1. The number of hydrogen-bond acceptors (Lipinski definition) is 5. The van der Waals surface area contributed by atoms with Gasteiger partial charge >= 0.3 is 5.63 Å². The van der Waals surface area contributed by atoms with Crippen molar-refractivity contribution in [2.45, 2.75) is 45.8 Å². The second kappa shape index (κ2) is 9.60. The zero-order valence-electron chi connectivity index (χ0n) is 16.5. The smallest absolute Gasteiger partial charge is 0.336 e. The summed E-state index contributed by atoms with van der Waals surface area (Å²) < 4.78 is 13.0. The van der Waals surface area contributed by atoms with Crippen LogP contribution in [0, 0.1) is 0 Å². The Kier molecular flexibility index (Phi) is 6.93. The number of hydrogen-bond donors (Lipinski definition) is 1. The quantitative estimate of drug-likeness (QED) is 0.425. The number of amides is 1. The number of carbonyl (C=O) groups is 1. The Morgan fingerprint density at radius 3 is 2.93 bits per heavy atom. The van der Waals surface area contributed by atoms with Crippen molar-refractivity contribution in [3.63, 3.8) is 0 Å². The Bertz CT molecular complexity index is 1030. The predicted octanol–water partition coefficient (Wildman–Crippen LogP) is 3.57. The first-order valence-corrected chi connectivity index (χ1v) is 10.0. The van der Waals surface area contributed by atoms with Gasteiger partial charge in [-0.3, -0.25) is 4.79 Å². The highest BCUT2D eigenvalue weighted by atomic mass is 35.5. The van der Waals surface area contributed by atoms with Gasteiger partial charge in [-0.2, -0.15) is 0 Å². The maximum Gasteiger partial charge on any atom is 0.336 e. The van der Waals surface area contributed by atoms with Gasteiger partial charge < -0.3 is 19.0 Å². The van der Waals surface area contributed by atoms with Crippen molar-refractivity contribution >= 4 is 28.5 Å². The van der Waals surface area contributed by atoms with Gasteiger partial charge in [0, 0.05) is 43.0 Å². The number of imidazole rings is 1. The molecule has 8 heteroatoms. The summed E-state index contributed by atoms with van der Waals surface area (Å²) in [5, 5.41) is 3.98. The molecule has 3 aromatic rings. The van der Waals surface area contributed by atoms with Crippen molar-refractivity contribution in [3.05, 3.63) is 57.9 Å². The molecule has 2 heterocycles. The Labute approximate surface area is 173 Å². The first-order valence-electron chi connectivity index (χ1n) is 9.64. The van der Waals surface area contributed by atoms with E-state index in [0.717, 1.165) is 36.8 Å². The van der Waals surface area contributed by atoms with Crippen LogP contribution in [-0.4, -0.2) is 28.1 Å². The van der Waals surface area contributed by atoms with Gasteiger partial charge in [-0.05, 0) is 31.4 Å². The van der Waals surface area contributed by atoms with Crippen molar-refractivity contribution in [2.75, 3.05) is 6.54 Å². The van der Waals surface area contributed by atoms with Crippen molar-refractivity contribution in [2.24, 2.45) is 0 Å². The van der Waals surface area contributed by atoms with E-state index in [1.807, 2.05) is 17.7 Å². The molecule has 1 aromatic carbocycles. The third-order valence-electron chi connectivity index (χ3n) is 4.53. The maximum absolute atomic E-state index is 12.3. The molecule has 0 saturated heterocycles. The molecule has 0 saturated carbocycles. The van der Waals surface area contributed by atoms with Crippen molar-refractivity contribution in [3.8, 4) is 5.75 Å². The van der Waals surface area contributed by atoms with Crippen LogP contribution in [0.5, 0.6) is 5.75 Å². The molecule has 0 radical (unpaired) electrons. The van der Waals surface area contributed by atoms with Crippen molar-refractivity contribution < 1.29 is 13.9 Å². The van der Waals surface area contributed by atoms with Crippen LogP contribution >= 0.6 is 11.6 Å². The van der Waals surface area contributed by atoms with E-state index in [0.29, 0.717) is 22.9 Å². The lowest BCUT2D eigenvalue weighted by Crippen LogP contribution is -2.37. The highest BCUT2D eigenvalue weighted by molar-refractivity contribution is 6.32. The predicted molar refractivity (Wildman–Crippen MR) is 111 cm³/mol. The molecule has 0 spiro atoms. The maximum atomic E-state index is 12.3. The molecular weight excluding hydrogens is 394 g/mol. The van der Waals surface area contributed by atoms with Gasteiger partial charge in [0.2, 0.25) is 0 Å². The van der Waals surface area contributed by atoms with Crippen LogP contribution in [0.25, 0.3) is 11.0 Å². The highest BCUT2D eigenvalue weighted by Crippen LogP contribution is 2.32. The summed E-state index contributed by atoms with van der Waals surface area (Å²) in [5.74, 6) is 0.0602. The van der Waals surface area contributed by atoms with Gasteiger partial charge in [-0.15, -0.1) is 0 Å². The molecule has 3 rings (SSSR count). The minimum atomic E-state index is -0.747. The van der Waals surface area contributed by atoms with Crippen molar-refractivity contribution in [1.82, 2.24) is 14.9 Å². The van der Waals surface area contributed by atoms with Gasteiger partial charge in [0.25, 0.3) is 5.91 Å².